The van der Waals surface area contributed by atoms with Crippen molar-refractivity contribution in [2.75, 3.05) is 24.3 Å². The molecule has 2 aromatic heterocycles. The molecule has 0 bridgehead atoms. The molecular weight excluding hydrogens is 264 g/mol. The molecule has 0 atom stereocenters. The van der Waals surface area contributed by atoms with Crippen LogP contribution >= 0.6 is 11.6 Å². The number of halogens is 1. The van der Waals surface area contributed by atoms with E-state index in [4.69, 9.17) is 11.6 Å². The van der Waals surface area contributed by atoms with Gasteiger partial charge in [-0.2, -0.15) is 0 Å². The van der Waals surface area contributed by atoms with Gasteiger partial charge in [0, 0.05) is 14.1 Å². The topological polar surface area (TPSA) is 58.1 Å². The summed E-state index contributed by atoms with van der Waals surface area (Å²) in [5.41, 5.74) is 1.21. The van der Waals surface area contributed by atoms with E-state index in [1.807, 2.05) is 25.1 Å². The van der Waals surface area contributed by atoms with Crippen molar-refractivity contribution in [3.8, 4) is 0 Å². The minimum atomic E-state index is -0.340. The molecule has 5 nitrogen and oxygen atoms in total. The maximum absolute atomic E-state index is 11.9. The summed E-state index contributed by atoms with van der Waals surface area (Å²) in [6.07, 6.45) is 1.68. The summed E-state index contributed by atoms with van der Waals surface area (Å²) in [6.45, 7) is 0. The van der Waals surface area contributed by atoms with E-state index in [-0.39, 0.29) is 16.8 Å². The van der Waals surface area contributed by atoms with Crippen LogP contribution in [0.3, 0.4) is 0 Å². The Labute approximate surface area is 116 Å². The van der Waals surface area contributed by atoms with Crippen LogP contribution in [-0.2, 0) is 0 Å². The van der Waals surface area contributed by atoms with Gasteiger partial charge in [0.15, 0.2) is 0 Å². The first-order valence-electron chi connectivity index (χ1n) is 5.63. The largest absolute Gasteiger partial charge is 0.376 e. The highest BCUT2D eigenvalue weighted by molar-refractivity contribution is 6.29. The van der Waals surface area contributed by atoms with E-state index in [1.54, 1.807) is 30.5 Å². The second kappa shape index (κ2) is 5.67. The fraction of sp³-hybridized carbons (Fsp3) is 0.154. The van der Waals surface area contributed by atoms with Crippen LogP contribution in [0.2, 0.25) is 5.15 Å². The highest BCUT2D eigenvalue weighted by atomic mass is 35.5. The number of carbonyl (C=O) groups excluding carboxylic acids is 1. The van der Waals surface area contributed by atoms with Crippen LogP contribution in [0.4, 0.5) is 11.5 Å². The van der Waals surface area contributed by atoms with Crippen LogP contribution in [0.5, 0.6) is 0 Å². The average molecular weight is 277 g/mol. The summed E-state index contributed by atoms with van der Waals surface area (Å²) in [4.78, 5) is 21.9. The summed E-state index contributed by atoms with van der Waals surface area (Å²) >= 11 is 5.74. The summed E-state index contributed by atoms with van der Waals surface area (Å²) in [5.74, 6) is 0.130. The van der Waals surface area contributed by atoms with Gasteiger partial charge < -0.3 is 10.2 Å². The van der Waals surface area contributed by atoms with Gasteiger partial charge in [0.05, 0.1) is 11.9 Å². The van der Waals surface area contributed by atoms with Crippen molar-refractivity contribution < 1.29 is 4.79 Å². The van der Waals surface area contributed by atoms with Gasteiger partial charge in [-0.15, -0.1) is 0 Å². The molecule has 0 fully saturated rings. The second-order valence-corrected chi connectivity index (χ2v) is 4.48. The molecule has 2 rings (SSSR count). The lowest BCUT2D eigenvalue weighted by molar-refractivity contribution is 0.102. The number of carbonyl (C=O) groups is 1. The zero-order valence-corrected chi connectivity index (χ0v) is 11.3. The van der Waals surface area contributed by atoms with E-state index in [2.05, 4.69) is 15.3 Å². The lowest BCUT2D eigenvalue weighted by Gasteiger charge is -2.12. The second-order valence-electron chi connectivity index (χ2n) is 4.10. The maximum atomic E-state index is 11.9. The highest BCUT2D eigenvalue weighted by Crippen LogP contribution is 2.13. The number of rotatable bonds is 3. The smallest absolute Gasteiger partial charge is 0.275 e. The average Bonchev–Trinajstić information content (AvgIpc) is 2.39. The molecule has 0 spiro atoms. The SMILES string of the molecule is CN(C)c1ccc(NC(=O)c2cccc(Cl)n2)nc1. The van der Waals surface area contributed by atoms with Crippen molar-refractivity contribution >= 4 is 29.0 Å². The summed E-state index contributed by atoms with van der Waals surface area (Å²) in [6, 6.07) is 8.48. The van der Waals surface area contributed by atoms with E-state index in [0.29, 0.717) is 5.82 Å². The normalized spacial score (nSPS) is 10.1. The monoisotopic (exact) mass is 276 g/mol. The first kappa shape index (κ1) is 13.3. The zero-order chi connectivity index (χ0) is 13.8. The van der Waals surface area contributed by atoms with Crippen LogP contribution in [0.25, 0.3) is 0 Å². The molecule has 0 radical (unpaired) electrons. The highest BCUT2D eigenvalue weighted by Gasteiger charge is 2.08. The van der Waals surface area contributed by atoms with Crippen molar-refractivity contribution in [3.05, 3.63) is 47.4 Å². The van der Waals surface area contributed by atoms with E-state index >= 15 is 0 Å². The molecule has 1 amide bonds. The van der Waals surface area contributed by atoms with Gasteiger partial charge in [0.25, 0.3) is 5.91 Å². The lowest BCUT2D eigenvalue weighted by atomic mass is 10.3. The molecule has 0 aliphatic heterocycles. The lowest BCUT2D eigenvalue weighted by Crippen LogP contribution is -2.15. The van der Waals surface area contributed by atoms with Crippen LogP contribution < -0.4 is 10.2 Å². The van der Waals surface area contributed by atoms with Crippen molar-refractivity contribution in [1.82, 2.24) is 9.97 Å². The third-order valence-corrected chi connectivity index (χ3v) is 2.66. The number of nitrogens with one attached hydrogen (secondary N) is 1. The van der Waals surface area contributed by atoms with Gasteiger partial charge in [-0.25, -0.2) is 9.97 Å². The summed E-state index contributed by atoms with van der Waals surface area (Å²) < 4.78 is 0. The first-order valence-corrected chi connectivity index (χ1v) is 6.01. The molecule has 2 heterocycles. The zero-order valence-electron chi connectivity index (χ0n) is 10.6. The summed E-state index contributed by atoms with van der Waals surface area (Å²) in [5, 5.41) is 2.94. The molecule has 0 unspecified atom stereocenters. The van der Waals surface area contributed by atoms with Gasteiger partial charge in [-0.3, -0.25) is 4.79 Å². The predicted molar refractivity (Wildman–Crippen MR) is 75.8 cm³/mol. The fourth-order valence-electron chi connectivity index (χ4n) is 1.44. The van der Waals surface area contributed by atoms with Crippen molar-refractivity contribution in [2.45, 2.75) is 0 Å². The fourth-order valence-corrected chi connectivity index (χ4v) is 1.60. The molecule has 0 aliphatic rings. The molecular formula is C13H13ClN4O. The Morgan fingerprint density at radius 1 is 1.26 bits per heavy atom. The Kier molecular flexibility index (Phi) is 3.97. The van der Waals surface area contributed by atoms with E-state index in [1.165, 1.54) is 0 Å². The molecule has 6 heteroatoms. The Morgan fingerprint density at radius 2 is 2.05 bits per heavy atom. The van der Waals surface area contributed by atoms with Gasteiger partial charge >= 0.3 is 0 Å². The molecule has 2 aromatic rings. The van der Waals surface area contributed by atoms with Gasteiger partial charge in [-0.05, 0) is 24.3 Å². The minimum Gasteiger partial charge on any atom is -0.376 e. The van der Waals surface area contributed by atoms with Crippen LogP contribution in [-0.4, -0.2) is 30.0 Å². The quantitative estimate of drug-likeness (QED) is 0.875. The van der Waals surface area contributed by atoms with Crippen molar-refractivity contribution in [1.29, 1.82) is 0 Å². The van der Waals surface area contributed by atoms with E-state index in [0.717, 1.165) is 5.69 Å². The number of amides is 1. The number of hydrogen-bond acceptors (Lipinski definition) is 4. The Morgan fingerprint density at radius 3 is 2.63 bits per heavy atom. The number of hydrogen-bond donors (Lipinski definition) is 1. The van der Waals surface area contributed by atoms with E-state index < -0.39 is 0 Å². The third kappa shape index (κ3) is 3.42. The minimum absolute atomic E-state index is 0.256. The molecule has 98 valence electrons. The van der Waals surface area contributed by atoms with Crippen LogP contribution in [0, 0.1) is 0 Å². The molecule has 19 heavy (non-hydrogen) atoms. The van der Waals surface area contributed by atoms with Gasteiger partial charge in [-0.1, -0.05) is 17.7 Å². The van der Waals surface area contributed by atoms with Crippen molar-refractivity contribution in [2.24, 2.45) is 0 Å². The molecule has 0 aromatic carbocycles. The molecule has 0 aliphatic carbocycles. The Bertz CT molecular complexity index is 583. The number of nitrogens with zero attached hydrogens (tertiary/aromatic N) is 3. The predicted octanol–water partition coefficient (Wildman–Crippen LogP) is 2.45. The Balaban J connectivity index is 2.10. The Hall–Kier alpha value is -2.14. The van der Waals surface area contributed by atoms with Gasteiger partial charge in [0.1, 0.15) is 16.7 Å². The maximum Gasteiger partial charge on any atom is 0.275 e. The number of aromatic nitrogens is 2. The molecule has 0 saturated heterocycles. The van der Waals surface area contributed by atoms with Crippen LogP contribution in [0.1, 0.15) is 10.5 Å². The van der Waals surface area contributed by atoms with Crippen molar-refractivity contribution in [3.63, 3.8) is 0 Å². The number of anilines is 2. The van der Waals surface area contributed by atoms with Gasteiger partial charge in [0.2, 0.25) is 0 Å². The standard InChI is InChI=1S/C13H13ClN4O/c1-18(2)9-6-7-12(15-8-9)17-13(19)10-4-3-5-11(14)16-10/h3-8H,1-2H3,(H,15,17,19). The molecule has 0 saturated carbocycles. The van der Waals surface area contributed by atoms with Crippen LogP contribution in [0.15, 0.2) is 36.5 Å². The summed E-state index contributed by atoms with van der Waals surface area (Å²) in [7, 11) is 3.84. The third-order valence-electron chi connectivity index (χ3n) is 2.45. The first-order chi connectivity index (χ1) is 9.06. The van der Waals surface area contributed by atoms with E-state index in [9.17, 15) is 4.79 Å². The molecule has 1 N–H and O–H groups in total. The number of pyridine rings is 2.